The molecule has 0 spiro atoms. The van der Waals surface area contributed by atoms with Gasteiger partial charge in [-0.15, -0.1) is 5.10 Å². The zero-order valence-electron chi connectivity index (χ0n) is 16.2. The van der Waals surface area contributed by atoms with Crippen molar-refractivity contribution in [2.24, 2.45) is 0 Å². The highest BCUT2D eigenvalue weighted by molar-refractivity contribution is 5.91. The Morgan fingerprint density at radius 3 is 2.74 bits per heavy atom. The molecule has 1 amide bonds. The van der Waals surface area contributed by atoms with E-state index in [1.807, 2.05) is 4.68 Å². The van der Waals surface area contributed by atoms with E-state index in [-0.39, 0.29) is 18.6 Å². The van der Waals surface area contributed by atoms with E-state index in [2.05, 4.69) is 46.4 Å². The summed E-state index contributed by atoms with van der Waals surface area (Å²) in [4.78, 5) is 16.2. The van der Waals surface area contributed by atoms with Crippen molar-refractivity contribution >= 4 is 5.91 Å². The fourth-order valence-electron chi connectivity index (χ4n) is 3.53. The molecule has 7 nitrogen and oxygen atoms in total. The van der Waals surface area contributed by atoms with Crippen LogP contribution in [-0.2, 0) is 13.0 Å². The van der Waals surface area contributed by atoms with Gasteiger partial charge in [0.05, 0.1) is 18.8 Å². The first-order valence-corrected chi connectivity index (χ1v) is 9.69. The Labute approximate surface area is 160 Å². The van der Waals surface area contributed by atoms with E-state index >= 15 is 0 Å². The Kier molecular flexibility index (Phi) is 6.58. The highest BCUT2D eigenvalue weighted by atomic mass is 16.3. The molecule has 27 heavy (non-hydrogen) atoms. The third kappa shape index (κ3) is 4.93. The zero-order valence-corrected chi connectivity index (χ0v) is 16.2. The summed E-state index contributed by atoms with van der Waals surface area (Å²) in [5.41, 5.74) is 3.02. The van der Waals surface area contributed by atoms with Gasteiger partial charge in [-0.1, -0.05) is 36.4 Å². The van der Waals surface area contributed by atoms with Crippen LogP contribution < -0.4 is 0 Å². The molecule has 0 aliphatic carbocycles. The number of aromatic nitrogens is 3. The number of likely N-dealkylation sites (tertiary alicyclic amines) is 1. The monoisotopic (exact) mass is 371 g/mol. The molecule has 3 rings (SSSR count). The molecule has 1 aliphatic heterocycles. The molecular formula is C20H29N5O2. The molecule has 0 radical (unpaired) electrons. The first kappa shape index (κ1) is 19.5. The number of carbonyl (C=O) groups is 1. The van der Waals surface area contributed by atoms with E-state index in [0.29, 0.717) is 12.2 Å². The third-order valence-corrected chi connectivity index (χ3v) is 5.20. The predicted octanol–water partition coefficient (Wildman–Crippen LogP) is 1.74. The lowest BCUT2D eigenvalue weighted by Crippen LogP contribution is -2.36. The maximum absolute atomic E-state index is 12.3. The van der Waals surface area contributed by atoms with Crippen molar-refractivity contribution in [2.75, 3.05) is 33.3 Å². The molecule has 7 heteroatoms. The molecule has 2 aromatic rings. The molecule has 1 unspecified atom stereocenters. The Bertz CT molecular complexity index is 743. The number of aliphatic hydroxyl groups excluding tert-OH is 1. The van der Waals surface area contributed by atoms with Gasteiger partial charge in [-0.25, -0.2) is 4.68 Å². The first-order chi connectivity index (χ1) is 13.1. The normalized spacial score (nSPS) is 17.8. The molecule has 0 saturated carbocycles. The Hall–Kier alpha value is -2.25. The van der Waals surface area contributed by atoms with Gasteiger partial charge >= 0.3 is 0 Å². The summed E-state index contributed by atoms with van der Waals surface area (Å²) in [6, 6.07) is 9.06. The van der Waals surface area contributed by atoms with E-state index in [9.17, 15) is 4.79 Å². The SMILES string of the molecule is CCc1ccc(CN2CCCC(n3cc(C(=O)N(C)CCO)nn3)C2)cc1. The summed E-state index contributed by atoms with van der Waals surface area (Å²) < 4.78 is 1.83. The lowest BCUT2D eigenvalue weighted by molar-refractivity contribution is 0.0761. The van der Waals surface area contributed by atoms with E-state index in [1.165, 1.54) is 16.0 Å². The van der Waals surface area contributed by atoms with Crippen molar-refractivity contribution in [2.45, 2.75) is 38.8 Å². The number of piperidine rings is 1. The Balaban J connectivity index is 1.61. The lowest BCUT2D eigenvalue weighted by Gasteiger charge is -2.32. The number of aliphatic hydroxyl groups is 1. The maximum atomic E-state index is 12.3. The van der Waals surface area contributed by atoms with E-state index in [4.69, 9.17) is 5.11 Å². The number of benzene rings is 1. The van der Waals surface area contributed by atoms with Crippen LogP contribution in [0.2, 0.25) is 0 Å². The van der Waals surface area contributed by atoms with Crippen LogP contribution >= 0.6 is 0 Å². The molecular weight excluding hydrogens is 342 g/mol. The summed E-state index contributed by atoms with van der Waals surface area (Å²) in [5, 5.41) is 17.2. The average Bonchev–Trinajstić information content (AvgIpc) is 3.18. The molecule has 1 aliphatic rings. The number of hydrogen-bond acceptors (Lipinski definition) is 5. The number of likely N-dealkylation sites (N-methyl/N-ethyl adjacent to an activating group) is 1. The van der Waals surface area contributed by atoms with Crippen LogP contribution in [-0.4, -0.2) is 69.1 Å². The number of carbonyl (C=O) groups excluding carboxylic acids is 1. The molecule has 2 heterocycles. The Morgan fingerprint density at radius 2 is 2.04 bits per heavy atom. The molecule has 146 valence electrons. The number of aryl methyl sites for hydroxylation is 1. The van der Waals surface area contributed by atoms with Gasteiger partial charge < -0.3 is 10.0 Å². The van der Waals surface area contributed by atoms with E-state index in [0.717, 1.165) is 38.9 Å². The minimum atomic E-state index is -0.209. The van der Waals surface area contributed by atoms with Crippen LogP contribution in [0.15, 0.2) is 30.5 Å². The molecule has 1 aromatic heterocycles. The Morgan fingerprint density at radius 1 is 1.30 bits per heavy atom. The van der Waals surface area contributed by atoms with Crippen molar-refractivity contribution < 1.29 is 9.90 Å². The van der Waals surface area contributed by atoms with Gasteiger partial charge in [0.2, 0.25) is 0 Å². The number of hydrogen-bond donors (Lipinski definition) is 1. The minimum absolute atomic E-state index is 0.0623. The molecule has 0 bridgehead atoms. The van der Waals surface area contributed by atoms with Gasteiger partial charge in [0, 0.05) is 26.7 Å². The maximum Gasteiger partial charge on any atom is 0.275 e. The van der Waals surface area contributed by atoms with Crippen molar-refractivity contribution in [1.82, 2.24) is 24.8 Å². The second-order valence-electron chi connectivity index (χ2n) is 7.24. The largest absolute Gasteiger partial charge is 0.395 e. The van der Waals surface area contributed by atoms with Crippen LogP contribution in [0.25, 0.3) is 0 Å². The quantitative estimate of drug-likeness (QED) is 0.802. The summed E-state index contributed by atoms with van der Waals surface area (Å²) in [6.07, 6.45) is 4.94. The van der Waals surface area contributed by atoms with Crippen molar-refractivity contribution in [3.8, 4) is 0 Å². The van der Waals surface area contributed by atoms with Crippen LogP contribution in [0.1, 0.15) is 47.4 Å². The molecule has 1 atom stereocenters. The standard InChI is InChI=1S/C20H29N5O2/c1-3-16-6-8-17(9-7-16)13-24-10-4-5-18(14-24)25-15-19(21-22-25)20(27)23(2)11-12-26/h6-9,15,18,26H,3-5,10-14H2,1-2H3. The second kappa shape index (κ2) is 9.10. The number of amides is 1. The van der Waals surface area contributed by atoms with Crippen molar-refractivity contribution in [1.29, 1.82) is 0 Å². The zero-order chi connectivity index (χ0) is 19.2. The summed E-state index contributed by atoms with van der Waals surface area (Å²) in [5.74, 6) is -0.209. The lowest BCUT2D eigenvalue weighted by atomic mass is 10.0. The molecule has 1 saturated heterocycles. The predicted molar refractivity (Wildman–Crippen MR) is 103 cm³/mol. The van der Waals surface area contributed by atoms with E-state index < -0.39 is 0 Å². The summed E-state index contributed by atoms with van der Waals surface area (Å²) >= 11 is 0. The number of nitrogens with zero attached hydrogens (tertiary/aromatic N) is 5. The first-order valence-electron chi connectivity index (χ1n) is 9.69. The molecule has 1 N–H and O–H groups in total. The number of rotatable bonds is 7. The topological polar surface area (TPSA) is 74.5 Å². The van der Waals surface area contributed by atoms with E-state index in [1.54, 1.807) is 13.2 Å². The second-order valence-corrected chi connectivity index (χ2v) is 7.24. The van der Waals surface area contributed by atoms with Crippen LogP contribution in [0.4, 0.5) is 0 Å². The minimum Gasteiger partial charge on any atom is -0.395 e. The fraction of sp³-hybridized carbons (Fsp3) is 0.550. The summed E-state index contributed by atoms with van der Waals surface area (Å²) in [7, 11) is 1.66. The highest BCUT2D eigenvalue weighted by Gasteiger charge is 2.24. The fourth-order valence-corrected chi connectivity index (χ4v) is 3.53. The van der Waals surface area contributed by atoms with Gasteiger partial charge in [-0.05, 0) is 36.9 Å². The van der Waals surface area contributed by atoms with Gasteiger partial charge in [0.15, 0.2) is 5.69 Å². The van der Waals surface area contributed by atoms with Crippen LogP contribution in [0.5, 0.6) is 0 Å². The van der Waals surface area contributed by atoms with Crippen LogP contribution in [0, 0.1) is 0 Å². The third-order valence-electron chi connectivity index (χ3n) is 5.20. The molecule has 1 fully saturated rings. The van der Waals surface area contributed by atoms with Gasteiger partial charge in [-0.2, -0.15) is 0 Å². The highest BCUT2D eigenvalue weighted by Crippen LogP contribution is 2.22. The van der Waals surface area contributed by atoms with Crippen molar-refractivity contribution in [3.63, 3.8) is 0 Å². The summed E-state index contributed by atoms with van der Waals surface area (Å²) in [6.45, 7) is 5.31. The van der Waals surface area contributed by atoms with Gasteiger partial charge in [-0.3, -0.25) is 9.69 Å². The van der Waals surface area contributed by atoms with Crippen molar-refractivity contribution in [3.05, 3.63) is 47.3 Å². The van der Waals surface area contributed by atoms with Crippen LogP contribution in [0.3, 0.4) is 0 Å². The smallest absolute Gasteiger partial charge is 0.275 e. The van der Waals surface area contributed by atoms with Gasteiger partial charge in [0.1, 0.15) is 0 Å². The molecule has 1 aromatic carbocycles. The van der Waals surface area contributed by atoms with Gasteiger partial charge in [0.25, 0.3) is 5.91 Å². The average molecular weight is 371 g/mol.